The van der Waals surface area contributed by atoms with Gasteiger partial charge in [-0.15, -0.1) is 0 Å². The third-order valence-electron chi connectivity index (χ3n) is 2.18. The standard InChI is InChI=1S/C12H19BrN2/c1-9(7-13)6-10-8-15(5)14-11(10)12(2,3)4/h6,8H,7H2,1-5H3. The summed E-state index contributed by atoms with van der Waals surface area (Å²) >= 11 is 3.46. The highest BCUT2D eigenvalue weighted by atomic mass is 79.9. The molecule has 84 valence electrons. The van der Waals surface area contributed by atoms with Gasteiger partial charge in [-0.2, -0.15) is 5.10 Å². The molecule has 0 amide bonds. The van der Waals surface area contributed by atoms with Crippen molar-refractivity contribution in [3.05, 3.63) is 23.0 Å². The lowest BCUT2D eigenvalue weighted by atomic mass is 9.89. The normalized spacial score (nSPS) is 13.3. The fraction of sp³-hybridized carbons (Fsp3) is 0.583. The molecule has 1 rings (SSSR count). The minimum atomic E-state index is 0.0969. The van der Waals surface area contributed by atoms with E-state index in [1.165, 1.54) is 11.1 Å². The summed E-state index contributed by atoms with van der Waals surface area (Å²) in [6.07, 6.45) is 4.27. The zero-order valence-corrected chi connectivity index (χ0v) is 11.7. The van der Waals surface area contributed by atoms with Crippen LogP contribution in [0.1, 0.15) is 39.0 Å². The van der Waals surface area contributed by atoms with Gasteiger partial charge < -0.3 is 0 Å². The monoisotopic (exact) mass is 270 g/mol. The molecule has 0 saturated carbocycles. The second-order valence-corrected chi connectivity index (χ2v) is 5.54. The molecule has 0 radical (unpaired) electrons. The van der Waals surface area contributed by atoms with E-state index in [0.717, 1.165) is 11.0 Å². The van der Waals surface area contributed by atoms with Crippen LogP contribution in [-0.4, -0.2) is 15.1 Å². The predicted octanol–water partition coefficient (Wildman–Crippen LogP) is 3.52. The van der Waals surface area contributed by atoms with Gasteiger partial charge in [0.25, 0.3) is 0 Å². The van der Waals surface area contributed by atoms with E-state index >= 15 is 0 Å². The number of alkyl halides is 1. The largest absolute Gasteiger partial charge is 0.275 e. The van der Waals surface area contributed by atoms with Gasteiger partial charge in [-0.05, 0) is 6.92 Å². The van der Waals surface area contributed by atoms with Crippen LogP contribution in [0.2, 0.25) is 0 Å². The molecule has 0 atom stereocenters. The maximum absolute atomic E-state index is 4.53. The molecular weight excluding hydrogens is 252 g/mol. The minimum absolute atomic E-state index is 0.0969. The maximum Gasteiger partial charge on any atom is 0.0750 e. The molecule has 0 bridgehead atoms. The van der Waals surface area contributed by atoms with Crippen molar-refractivity contribution in [2.24, 2.45) is 7.05 Å². The highest BCUT2D eigenvalue weighted by Crippen LogP contribution is 2.25. The van der Waals surface area contributed by atoms with E-state index < -0.39 is 0 Å². The number of rotatable bonds is 2. The summed E-state index contributed by atoms with van der Waals surface area (Å²) in [5.74, 6) is 0. The Bertz CT molecular complexity index is 369. The van der Waals surface area contributed by atoms with Crippen molar-refractivity contribution in [3.63, 3.8) is 0 Å². The predicted molar refractivity (Wildman–Crippen MR) is 69.4 cm³/mol. The number of hydrogen-bond donors (Lipinski definition) is 0. The third-order valence-corrected chi connectivity index (χ3v) is 3.06. The second kappa shape index (κ2) is 4.52. The van der Waals surface area contributed by atoms with Crippen LogP contribution in [0.25, 0.3) is 6.08 Å². The molecule has 0 aromatic carbocycles. The molecule has 2 nitrogen and oxygen atoms in total. The van der Waals surface area contributed by atoms with Gasteiger partial charge in [0.05, 0.1) is 5.69 Å². The van der Waals surface area contributed by atoms with Crippen molar-refractivity contribution in [2.75, 3.05) is 5.33 Å². The molecule has 0 saturated heterocycles. The lowest BCUT2D eigenvalue weighted by Crippen LogP contribution is -2.13. The van der Waals surface area contributed by atoms with Crippen LogP contribution in [0.5, 0.6) is 0 Å². The number of halogens is 1. The van der Waals surface area contributed by atoms with E-state index in [0.29, 0.717) is 0 Å². The summed E-state index contributed by atoms with van der Waals surface area (Å²) in [6, 6.07) is 0. The van der Waals surface area contributed by atoms with E-state index in [1.54, 1.807) is 0 Å². The summed E-state index contributed by atoms with van der Waals surface area (Å²) in [6.45, 7) is 8.69. The Labute approximate surface area is 101 Å². The molecule has 1 heterocycles. The van der Waals surface area contributed by atoms with Gasteiger partial charge in [0, 0.05) is 29.6 Å². The quantitative estimate of drug-likeness (QED) is 0.752. The average Bonchev–Trinajstić information content (AvgIpc) is 2.45. The Morgan fingerprint density at radius 3 is 2.60 bits per heavy atom. The molecule has 0 aliphatic rings. The first kappa shape index (κ1) is 12.5. The summed E-state index contributed by atoms with van der Waals surface area (Å²) < 4.78 is 1.88. The molecule has 1 aromatic heterocycles. The third kappa shape index (κ3) is 3.20. The first-order chi connectivity index (χ1) is 6.84. The average molecular weight is 271 g/mol. The Balaban J connectivity index is 3.18. The lowest BCUT2D eigenvalue weighted by Gasteiger charge is -2.16. The Morgan fingerprint density at radius 2 is 2.13 bits per heavy atom. The summed E-state index contributed by atoms with van der Waals surface area (Å²) in [5, 5.41) is 5.43. The molecule has 3 heteroatoms. The number of hydrogen-bond acceptors (Lipinski definition) is 1. The van der Waals surface area contributed by atoms with Crippen molar-refractivity contribution >= 4 is 22.0 Å². The van der Waals surface area contributed by atoms with Crippen molar-refractivity contribution in [1.82, 2.24) is 9.78 Å². The topological polar surface area (TPSA) is 17.8 Å². The second-order valence-electron chi connectivity index (χ2n) is 4.98. The molecule has 0 N–H and O–H groups in total. The van der Waals surface area contributed by atoms with Gasteiger partial charge in [0.1, 0.15) is 0 Å². The SMILES string of the molecule is CC(=Cc1cn(C)nc1C(C)(C)C)CBr. The molecule has 15 heavy (non-hydrogen) atoms. The van der Waals surface area contributed by atoms with E-state index in [2.05, 4.69) is 61.0 Å². The Kier molecular flexibility index (Phi) is 3.77. The molecule has 1 aromatic rings. The van der Waals surface area contributed by atoms with Gasteiger partial charge in [-0.3, -0.25) is 4.68 Å². The lowest BCUT2D eigenvalue weighted by molar-refractivity contribution is 0.552. The summed E-state index contributed by atoms with van der Waals surface area (Å²) in [7, 11) is 1.97. The van der Waals surface area contributed by atoms with Gasteiger partial charge in [-0.1, -0.05) is 48.4 Å². The first-order valence-corrected chi connectivity index (χ1v) is 6.24. The fourth-order valence-electron chi connectivity index (χ4n) is 1.50. The molecule has 0 aliphatic carbocycles. The smallest absolute Gasteiger partial charge is 0.0750 e. The Hall–Kier alpha value is -0.570. The first-order valence-electron chi connectivity index (χ1n) is 5.12. The van der Waals surface area contributed by atoms with Crippen LogP contribution in [0.15, 0.2) is 11.8 Å². The van der Waals surface area contributed by atoms with Crippen molar-refractivity contribution in [2.45, 2.75) is 33.1 Å². The van der Waals surface area contributed by atoms with Crippen LogP contribution in [0.3, 0.4) is 0 Å². The van der Waals surface area contributed by atoms with Crippen LogP contribution in [-0.2, 0) is 12.5 Å². The van der Waals surface area contributed by atoms with Crippen LogP contribution < -0.4 is 0 Å². The van der Waals surface area contributed by atoms with Crippen molar-refractivity contribution in [3.8, 4) is 0 Å². The maximum atomic E-state index is 4.53. The Morgan fingerprint density at radius 1 is 1.53 bits per heavy atom. The van der Waals surface area contributed by atoms with E-state index in [4.69, 9.17) is 0 Å². The highest BCUT2D eigenvalue weighted by molar-refractivity contribution is 9.09. The number of allylic oxidation sites excluding steroid dienone is 1. The number of nitrogens with zero attached hydrogens (tertiary/aromatic N) is 2. The van der Waals surface area contributed by atoms with Crippen LogP contribution >= 0.6 is 15.9 Å². The number of aryl methyl sites for hydroxylation is 1. The van der Waals surface area contributed by atoms with Crippen molar-refractivity contribution in [1.29, 1.82) is 0 Å². The molecule has 0 spiro atoms. The summed E-state index contributed by atoms with van der Waals surface area (Å²) in [4.78, 5) is 0. The van der Waals surface area contributed by atoms with Gasteiger partial charge in [0.15, 0.2) is 0 Å². The molecule has 0 fully saturated rings. The van der Waals surface area contributed by atoms with E-state index in [9.17, 15) is 0 Å². The van der Waals surface area contributed by atoms with Gasteiger partial charge >= 0.3 is 0 Å². The zero-order chi connectivity index (χ0) is 11.6. The zero-order valence-electron chi connectivity index (χ0n) is 10.1. The molecule has 0 unspecified atom stereocenters. The van der Waals surface area contributed by atoms with Gasteiger partial charge in [-0.25, -0.2) is 0 Å². The van der Waals surface area contributed by atoms with Crippen LogP contribution in [0.4, 0.5) is 0 Å². The molecular formula is C12H19BrN2. The van der Waals surface area contributed by atoms with Crippen molar-refractivity contribution < 1.29 is 0 Å². The van der Waals surface area contributed by atoms with Crippen LogP contribution in [0, 0.1) is 0 Å². The fourth-order valence-corrected chi connectivity index (χ4v) is 1.66. The number of aromatic nitrogens is 2. The van der Waals surface area contributed by atoms with Gasteiger partial charge in [0.2, 0.25) is 0 Å². The minimum Gasteiger partial charge on any atom is -0.275 e. The van der Waals surface area contributed by atoms with E-state index in [-0.39, 0.29) is 5.41 Å². The highest BCUT2D eigenvalue weighted by Gasteiger charge is 2.20. The molecule has 0 aliphatic heterocycles. The van der Waals surface area contributed by atoms with E-state index in [1.807, 2.05) is 11.7 Å². The summed E-state index contributed by atoms with van der Waals surface area (Å²) in [5.41, 5.74) is 3.79.